The highest BCUT2D eigenvalue weighted by molar-refractivity contribution is 5.80. The Balaban J connectivity index is 2.14. The predicted molar refractivity (Wildman–Crippen MR) is 90.6 cm³/mol. The van der Waals surface area contributed by atoms with Crippen LogP contribution in [0.3, 0.4) is 0 Å². The van der Waals surface area contributed by atoms with E-state index >= 15 is 0 Å². The van der Waals surface area contributed by atoms with Crippen molar-refractivity contribution in [1.82, 2.24) is 9.66 Å². The highest BCUT2D eigenvalue weighted by atomic mass is 19.4. The molecule has 130 valence electrons. The van der Waals surface area contributed by atoms with Crippen LogP contribution in [0.25, 0.3) is 22.3 Å². The van der Waals surface area contributed by atoms with Gasteiger partial charge in [-0.3, -0.25) is 4.79 Å². The lowest BCUT2D eigenvalue weighted by molar-refractivity contribution is -0.137. The first kappa shape index (κ1) is 17.0. The molecule has 0 atom stereocenters. The summed E-state index contributed by atoms with van der Waals surface area (Å²) in [4.78, 5) is 16.7. The number of nitrogens with zero attached hydrogens (tertiary/aromatic N) is 2. The maximum atomic E-state index is 12.8. The van der Waals surface area contributed by atoms with Gasteiger partial charge in [-0.2, -0.15) is 13.2 Å². The molecule has 3 rings (SSSR count). The smallest absolute Gasteiger partial charge is 0.334 e. The number of fused-ring (bicyclic) bond motifs is 1. The molecule has 0 aliphatic rings. The minimum atomic E-state index is -4.53. The molecule has 0 aliphatic carbocycles. The van der Waals surface area contributed by atoms with Crippen molar-refractivity contribution in [3.8, 4) is 11.4 Å². The normalized spacial score (nSPS) is 11.8. The first-order valence-corrected chi connectivity index (χ1v) is 7.79. The monoisotopic (exact) mass is 347 g/mol. The van der Waals surface area contributed by atoms with E-state index in [4.69, 9.17) is 5.84 Å². The predicted octanol–water partition coefficient (Wildman–Crippen LogP) is 3.75. The topological polar surface area (TPSA) is 60.9 Å². The zero-order valence-electron chi connectivity index (χ0n) is 13.5. The standard InChI is InChI=1S/C18H16F3N3O/c1-2-3-11-4-6-12(7-5-11)16-23-15-9-8-13(18(19,20)21)10-14(15)17(25)24(16)22/h4-10H,2-3,22H2,1H3. The second kappa shape index (κ2) is 6.23. The Hall–Kier alpha value is -2.83. The molecule has 7 heteroatoms. The number of halogens is 3. The lowest BCUT2D eigenvalue weighted by Crippen LogP contribution is -2.30. The molecule has 0 unspecified atom stereocenters. The molecule has 0 saturated heterocycles. The Kier molecular flexibility index (Phi) is 4.24. The van der Waals surface area contributed by atoms with E-state index in [0.29, 0.717) is 5.56 Å². The summed E-state index contributed by atoms with van der Waals surface area (Å²) in [6.07, 6.45) is -2.59. The van der Waals surface area contributed by atoms with E-state index in [1.165, 1.54) is 6.07 Å². The molecule has 1 heterocycles. The van der Waals surface area contributed by atoms with Crippen LogP contribution in [0.15, 0.2) is 47.3 Å². The number of hydrogen-bond donors (Lipinski definition) is 1. The summed E-state index contributed by atoms with van der Waals surface area (Å²) in [6.45, 7) is 2.07. The summed E-state index contributed by atoms with van der Waals surface area (Å²) in [5.41, 5.74) is 0.320. The van der Waals surface area contributed by atoms with Crippen molar-refractivity contribution in [3.63, 3.8) is 0 Å². The van der Waals surface area contributed by atoms with Gasteiger partial charge in [0.05, 0.1) is 16.5 Å². The first-order chi connectivity index (χ1) is 11.8. The number of rotatable bonds is 3. The highest BCUT2D eigenvalue weighted by Crippen LogP contribution is 2.30. The molecular weight excluding hydrogens is 331 g/mol. The van der Waals surface area contributed by atoms with Crippen LogP contribution in [-0.4, -0.2) is 9.66 Å². The molecule has 0 fully saturated rings. The molecule has 0 radical (unpaired) electrons. The van der Waals surface area contributed by atoms with Gasteiger partial charge in [0.2, 0.25) is 0 Å². The fourth-order valence-corrected chi connectivity index (χ4v) is 2.69. The van der Waals surface area contributed by atoms with Gasteiger partial charge in [-0.15, -0.1) is 0 Å². The van der Waals surface area contributed by atoms with E-state index in [-0.39, 0.29) is 16.7 Å². The first-order valence-electron chi connectivity index (χ1n) is 7.79. The Labute approximate surface area is 141 Å². The molecule has 4 nitrogen and oxygen atoms in total. The van der Waals surface area contributed by atoms with Crippen molar-refractivity contribution in [3.05, 3.63) is 63.9 Å². The molecule has 2 N–H and O–H groups in total. The zero-order valence-corrected chi connectivity index (χ0v) is 13.5. The Morgan fingerprint density at radius 2 is 1.80 bits per heavy atom. The van der Waals surface area contributed by atoms with Crippen LogP contribution < -0.4 is 11.4 Å². The summed E-state index contributed by atoms with van der Waals surface area (Å²) >= 11 is 0. The third-order valence-electron chi connectivity index (χ3n) is 3.98. The molecule has 0 amide bonds. The van der Waals surface area contributed by atoms with E-state index in [1.54, 1.807) is 12.1 Å². The van der Waals surface area contributed by atoms with Crippen molar-refractivity contribution < 1.29 is 13.2 Å². The van der Waals surface area contributed by atoms with E-state index in [0.717, 1.165) is 35.2 Å². The second-order valence-corrected chi connectivity index (χ2v) is 5.79. The average molecular weight is 347 g/mol. The molecule has 25 heavy (non-hydrogen) atoms. The number of nitrogen functional groups attached to an aromatic ring is 1. The minimum absolute atomic E-state index is 0.163. The molecule has 0 aliphatic heterocycles. The molecule has 3 aromatic rings. The van der Waals surface area contributed by atoms with Crippen LogP contribution in [0.5, 0.6) is 0 Å². The van der Waals surface area contributed by atoms with E-state index in [2.05, 4.69) is 11.9 Å². The molecule has 1 aromatic heterocycles. The number of aromatic nitrogens is 2. The maximum absolute atomic E-state index is 12.8. The summed E-state index contributed by atoms with van der Waals surface area (Å²) < 4.78 is 39.3. The van der Waals surface area contributed by atoms with Gasteiger partial charge in [0, 0.05) is 5.56 Å². The van der Waals surface area contributed by atoms with E-state index < -0.39 is 17.3 Å². The van der Waals surface area contributed by atoms with Crippen molar-refractivity contribution in [2.24, 2.45) is 0 Å². The minimum Gasteiger partial charge on any atom is -0.334 e. The van der Waals surface area contributed by atoms with Crippen molar-refractivity contribution in [1.29, 1.82) is 0 Å². The van der Waals surface area contributed by atoms with Crippen LogP contribution in [0.4, 0.5) is 13.2 Å². The third-order valence-corrected chi connectivity index (χ3v) is 3.98. The largest absolute Gasteiger partial charge is 0.416 e. The third kappa shape index (κ3) is 3.22. The molecule has 0 saturated carbocycles. The highest BCUT2D eigenvalue weighted by Gasteiger charge is 2.31. The number of alkyl halides is 3. The number of benzene rings is 2. The van der Waals surface area contributed by atoms with E-state index in [9.17, 15) is 18.0 Å². The van der Waals surface area contributed by atoms with Gasteiger partial charge in [0.25, 0.3) is 5.56 Å². The zero-order chi connectivity index (χ0) is 18.2. The summed E-state index contributed by atoms with van der Waals surface area (Å²) in [5.74, 6) is 6.01. The van der Waals surface area contributed by atoms with Gasteiger partial charge in [-0.1, -0.05) is 37.6 Å². The maximum Gasteiger partial charge on any atom is 0.416 e. The van der Waals surface area contributed by atoms with Gasteiger partial charge in [-0.05, 0) is 30.2 Å². The summed E-state index contributed by atoms with van der Waals surface area (Å²) in [5, 5.41) is -0.163. The van der Waals surface area contributed by atoms with Gasteiger partial charge < -0.3 is 5.84 Å². The fraction of sp³-hybridized carbons (Fsp3) is 0.222. The van der Waals surface area contributed by atoms with Crippen molar-refractivity contribution >= 4 is 10.9 Å². The number of nitrogens with two attached hydrogens (primary N) is 1. The molecule has 0 spiro atoms. The van der Waals surface area contributed by atoms with Gasteiger partial charge in [-0.25, -0.2) is 9.66 Å². The quantitative estimate of drug-likeness (QED) is 0.734. The molecular formula is C18H16F3N3O. The van der Waals surface area contributed by atoms with E-state index in [1.807, 2.05) is 12.1 Å². The average Bonchev–Trinajstić information content (AvgIpc) is 2.58. The second-order valence-electron chi connectivity index (χ2n) is 5.79. The Morgan fingerprint density at radius 3 is 2.40 bits per heavy atom. The lowest BCUT2D eigenvalue weighted by Gasteiger charge is -2.11. The SMILES string of the molecule is CCCc1ccc(-c2nc3ccc(C(F)(F)F)cc3c(=O)n2N)cc1. The van der Waals surface area contributed by atoms with Crippen molar-refractivity contribution in [2.45, 2.75) is 25.9 Å². The Morgan fingerprint density at radius 1 is 1.12 bits per heavy atom. The molecule has 0 bridgehead atoms. The van der Waals surface area contributed by atoms with Gasteiger partial charge in [0.15, 0.2) is 5.82 Å². The van der Waals surface area contributed by atoms with Crippen LogP contribution in [0.2, 0.25) is 0 Å². The van der Waals surface area contributed by atoms with Crippen molar-refractivity contribution in [2.75, 3.05) is 5.84 Å². The summed E-state index contributed by atoms with van der Waals surface area (Å²) in [7, 11) is 0. The van der Waals surface area contributed by atoms with Crippen LogP contribution in [-0.2, 0) is 12.6 Å². The number of hydrogen-bond acceptors (Lipinski definition) is 3. The van der Waals surface area contributed by atoms with Gasteiger partial charge in [0.1, 0.15) is 0 Å². The van der Waals surface area contributed by atoms with Crippen LogP contribution in [0, 0.1) is 0 Å². The number of aryl methyl sites for hydroxylation is 1. The van der Waals surface area contributed by atoms with Crippen LogP contribution in [0.1, 0.15) is 24.5 Å². The summed E-state index contributed by atoms with van der Waals surface area (Å²) in [6, 6.07) is 10.3. The van der Waals surface area contributed by atoms with Gasteiger partial charge >= 0.3 is 6.18 Å². The Bertz CT molecular complexity index is 976. The fourth-order valence-electron chi connectivity index (χ4n) is 2.69. The van der Waals surface area contributed by atoms with Crippen LogP contribution >= 0.6 is 0 Å². The molecule has 2 aromatic carbocycles. The lowest BCUT2D eigenvalue weighted by atomic mass is 10.1.